The minimum Gasteiger partial charge on any atom is -0.502 e. The van der Waals surface area contributed by atoms with Gasteiger partial charge in [-0.2, -0.15) is 0 Å². The summed E-state index contributed by atoms with van der Waals surface area (Å²) in [4.78, 5) is 24.6. The number of carbonyl (C=O) groups is 1. The summed E-state index contributed by atoms with van der Waals surface area (Å²) in [7, 11) is 1.68. The van der Waals surface area contributed by atoms with Crippen molar-refractivity contribution in [1.82, 2.24) is 4.90 Å². The van der Waals surface area contributed by atoms with Crippen LogP contribution in [-0.2, 0) is 4.74 Å². The van der Waals surface area contributed by atoms with Crippen LogP contribution in [0.15, 0.2) is 18.2 Å². The minimum absolute atomic E-state index is 0.0128. The summed E-state index contributed by atoms with van der Waals surface area (Å²) in [5.41, 5.74) is -0.680. The van der Waals surface area contributed by atoms with Crippen LogP contribution in [0.2, 0.25) is 0 Å². The van der Waals surface area contributed by atoms with Gasteiger partial charge < -0.3 is 14.7 Å². The number of para-hydroxylation sites is 1. The number of phenols is 1. The Morgan fingerprint density at radius 2 is 2.17 bits per heavy atom. The average molecular weight is 320 g/mol. The predicted octanol–water partition coefficient (Wildman–Crippen LogP) is 2.19. The summed E-state index contributed by atoms with van der Waals surface area (Å²) in [6.45, 7) is 4.81. The third-order valence-corrected chi connectivity index (χ3v) is 5.22. The van der Waals surface area contributed by atoms with Gasteiger partial charge in [0.2, 0.25) is 5.75 Å². The summed E-state index contributed by atoms with van der Waals surface area (Å²) < 4.78 is 5.73. The standard InChI is InChI=1S/C16H20N2O5/c1-16(2)13(10-7-8-23-14(10)16)17(3)15(20)9-5-4-6-11(12(9)19)18(21)22/h4-6,10,13-14,19H,7-8H2,1-3H3/t10-,13+,14-/m0/s1. The fraction of sp³-hybridized carbons (Fsp3) is 0.562. The maximum atomic E-state index is 12.8. The number of phenolic OH excluding ortho intramolecular Hbond substituents is 1. The maximum absolute atomic E-state index is 12.8. The lowest BCUT2D eigenvalue weighted by Gasteiger charge is -2.57. The van der Waals surface area contributed by atoms with Gasteiger partial charge >= 0.3 is 5.69 Å². The first kappa shape index (κ1) is 15.7. The predicted molar refractivity (Wildman–Crippen MR) is 82.3 cm³/mol. The first-order chi connectivity index (χ1) is 10.8. The second-order valence-electron chi connectivity index (χ2n) is 6.86. The van der Waals surface area contributed by atoms with Crippen LogP contribution in [0.5, 0.6) is 5.75 Å². The molecule has 0 unspecified atom stereocenters. The van der Waals surface area contributed by atoms with E-state index in [1.165, 1.54) is 18.2 Å². The van der Waals surface area contributed by atoms with Crippen LogP contribution in [0, 0.1) is 21.4 Å². The van der Waals surface area contributed by atoms with Crippen LogP contribution in [0.4, 0.5) is 5.69 Å². The second kappa shape index (κ2) is 5.19. The van der Waals surface area contributed by atoms with Gasteiger partial charge in [-0.05, 0) is 12.5 Å². The van der Waals surface area contributed by atoms with E-state index in [2.05, 4.69) is 13.8 Å². The lowest BCUT2D eigenvalue weighted by Crippen LogP contribution is -2.66. The van der Waals surface area contributed by atoms with Gasteiger partial charge in [0.15, 0.2) is 0 Å². The fourth-order valence-corrected chi connectivity index (χ4v) is 4.25. The van der Waals surface area contributed by atoms with Gasteiger partial charge in [0, 0.05) is 37.1 Å². The van der Waals surface area contributed by atoms with Crippen LogP contribution >= 0.6 is 0 Å². The third kappa shape index (κ3) is 2.18. The molecule has 1 aromatic carbocycles. The van der Waals surface area contributed by atoms with Crippen molar-refractivity contribution in [2.24, 2.45) is 11.3 Å². The fourth-order valence-electron chi connectivity index (χ4n) is 4.25. The summed E-state index contributed by atoms with van der Waals surface area (Å²) >= 11 is 0. The zero-order chi connectivity index (χ0) is 16.9. The van der Waals surface area contributed by atoms with E-state index in [0.29, 0.717) is 6.61 Å². The van der Waals surface area contributed by atoms with Gasteiger partial charge in [0.05, 0.1) is 16.6 Å². The molecule has 0 radical (unpaired) electrons. The van der Waals surface area contributed by atoms with E-state index in [4.69, 9.17) is 4.74 Å². The van der Waals surface area contributed by atoms with Gasteiger partial charge in [-0.15, -0.1) is 0 Å². The van der Waals surface area contributed by atoms with Crippen molar-refractivity contribution in [2.45, 2.75) is 32.4 Å². The van der Waals surface area contributed by atoms with Crippen molar-refractivity contribution < 1.29 is 19.6 Å². The highest BCUT2D eigenvalue weighted by Gasteiger charge is 2.61. The Labute approximate surface area is 134 Å². The van der Waals surface area contributed by atoms with Gasteiger partial charge in [-0.1, -0.05) is 19.9 Å². The molecule has 1 saturated carbocycles. The Balaban J connectivity index is 1.89. The summed E-state index contributed by atoms with van der Waals surface area (Å²) in [5, 5.41) is 21.0. The lowest BCUT2D eigenvalue weighted by atomic mass is 9.56. The normalized spacial score (nSPS) is 27.9. The molecule has 0 aromatic heterocycles. The molecule has 7 heteroatoms. The summed E-state index contributed by atoms with van der Waals surface area (Å²) in [6, 6.07) is 3.99. The molecule has 3 rings (SSSR count). The Hall–Kier alpha value is -2.15. The van der Waals surface area contributed by atoms with Crippen LogP contribution in [0.3, 0.4) is 0 Å². The highest BCUT2D eigenvalue weighted by atomic mass is 16.6. The number of fused-ring (bicyclic) bond motifs is 1. The molecule has 1 aliphatic heterocycles. The van der Waals surface area contributed by atoms with Gasteiger partial charge in [-0.25, -0.2) is 0 Å². The lowest BCUT2D eigenvalue weighted by molar-refractivity contribution is -0.385. The van der Waals surface area contributed by atoms with Crippen molar-refractivity contribution in [2.75, 3.05) is 13.7 Å². The highest BCUT2D eigenvalue weighted by molar-refractivity contribution is 5.98. The third-order valence-electron chi connectivity index (χ3n) is 5.22. The molecule has 1 saturated heterocycles. The Morgan fingerprint density at radius 3 is 2.83 bits per heavy atom. The number of benzene rings is 1. The van der Waals surface area contributed by atoms with Crippen molar-refractivity contribution in [1.29, 1.82) is 0 Å². The van der Waals surface area contributed by atoms with E-state index < -0.39 is 22.3 Å². The van der Waals surface area contributed by atoms with Gasteiger partial charge in [0.1, 0.15) is 0 Å². The Bertz CT molecular complexity index is 672. The molecule has 7 nitrogen and oxygen atoms in total. The minimum atomic E-state index is -0.694. The average Bonchev–Trinajstić information content (AvgIpc) is 2.92. The molecular formula is C16H20N2O5. The molecule has 23 heavy (non-hydrogen) atoms. The van der Waals surface area contributed by atoms with Crippen LogP contribution < -0.4 is 0 Å². The van der Waals surface area contributed by atoms with Crippen LogP contribution in [0.1, 0.15) is 30.6 Å². The number of carbonyl (C=O) groups excluding carboxylic acids is 1. The SMILES string of the molecule is CN(C(=O)c1cccc([N+](=O)[O-])c1O)[C@@H]1[C@@H]2CCO[C@@H]2C1(C)C. The number of rotatable bonds is 3. The zero-order valence-electron chi connectivity index (χ0n) is 13.4. The number of nitro benzene ring substituents is 1. The second-order valence-corrected chi connectivity index (χ2v) is 6.86. The summed E-state index contributed by atoms with van der Waals surface area (Å²) in [6.07, 6.45) is 1.04. The zero-order valence-corrected chi connectivity index (χ0v) is 13.4. The highest BCUT2D eigenvalue weighted by Crippen LogP contribution is 2.54. The van der Waals surface area contributed by atoms with E-state index in [1.54, 1.807) is 11.9 Å². The van der Waals surface area contributed by atoms with E-state index in [9.17, 15) is 20.0 Å². The molecule has 1 heterocycles. The number of aromatic hydroxyl groups is 1. The molecule has 1 aromatic rings. The van der Waals surface area contributed by atoms with Crippen molar-refractivity contribution in [3.8, 4) is 5.75 Å². The number of nitrogens with zero attached hydrogens (tertiary/aromatic N) is 2. The molecule has 2 fully saturated rings. The summed E-state index contributed by atoms with van der Waals surface area (Å²) in [5.74, 6) is -0.708. The first-order valence-electron chi connectivity index (χ1n) is 7.62. The smallest absolute Gasteiger partial charge is 0.311 e. The number of hydrogen-bond donors (Lipinski definition) is 1. The molecule has 0 bridgehead atoms. The number of ether oxygens (including phenoxy) is 1. The molecule has 124 valence electrons. The molecule has 1 amide bonds. The monoisotopic (exact) mass is 320 g/mol. The molecule has 2 aliphatic rings. The Morgan fingerprint density at radius 1 is 1.48 bits per heavy atom. The number of nitro groups is 1. The van der Waals surface area contributed by atoms with Crippen LogP contribution in [-0.4, -0.2) is 46.6 Å². The number of hydrogen-bond acceptors (Lipinski definition) is 5. The van der Waals surface area contributed by atoms with E-state index >= 15 is 0 Å². The van der Waals surface area contributed by atoms with Crippen molar-refractivity contribution in [3.05, 3.63) is 33.9 Å². The van der Waals surface area contributed by atoms with Gasteiger partial charge in [0.25, 0.3) is 5.91 Å². The first-order valence-corrected chi connectivity index (χ1v) is 7.62. The van der Waals surface area contributed by atoms with E-state index in [0.717, 1.165) is 6.42 Å². The van der Waals surface area contributed by atoms with Crippen LogP contribution in [0.25, 0.3) is 0 Å². The largest absolute Gasteiger partial charge is 0.502 e. The molecule has 3 atom stereocenters. The van der Waals surface area contributed by atoms with E-state index in [-0.39, 0.29) is 29.0 Å². The van der Waals surface area contributed by atoms with E-state index in [1.807, 2.05) is 0 Å². The number of amides is 1. The molecular weight excluding hydrogens is 300 g/mol. The van der Waals surface area contributed by atoms with Crippen molar-refractivity contribution >= 4 is 11.6 Å². The topological polar surface area (TPSA) is 92.9 Å². The molecule has 0 spiro atoms. The quantitative estimate of drug-likeness (QED) is 0.680. The molecule has 1 aliphatic carbocycles. The maximum Gasteiger partial charge on any atom is 0.311 e. The Kier molecular flexibility index (Phi) is 3.55. The van der Waals surface area contributed by atoms with Crippen molar-refractivity contribution in [3.63, 3.8) is 0 Å². The molecule has 1 N–H and O–H groups in total. The van der Waals surface area contributed by atoms with Gasteiger partial charge in [-0.3, -0.25) is 14.9 Å².